The van der Waals surface area contributed by atoms with Gasteiger partial charge in [-0.3, -0.25) is 9.59 Å². The number of carbonyl (C=O) groups is 2. The topological polar surface area (TPSA) is 74.6 Å². The van der Waals surface area contributed by atoms with E-state index in [9.17, 15) is 9.59 Å². The Morgan fingerprint density at radius 2 is 1.67 bits per heavy atom. The Morgan fingerprint density at radius 1 is 1.33 bits per heavy atom. The molecule has 0 rings (SSSR count). The van der Waals surface area contributed by atoms with Crippen LogP contribution < -0.4 is 51.4 Å². The molecule has 0 radical (unpaired) electrons. The third-order valence-corrected chi connectivity index (χ3v) is 1.69. The second kappa shape index (κ2) is 6.09. The second-order valence-corrected chi connectivity index (χ2v) is 2.69. The number of rotatable bonds is 4. The molecule has 0 saturated carbocycles. The van der Waals surface area contributed by atoms with Gasteiger partial charge in [0, 0.05) is 0 Å². The monoisotopic (exact) mass is 200 g/mol. The third kappa shape index (κ3) is 3.53. The summed E-state index contributed by atoms with van der Waals surface area (Å²) in [5.74, 6) is -2.54. The van der Waals surface area contributed by atoms with E-state index in [0.717, 1.165) is 0 Å². The van der Waals surface area contributed by atoms with E-state index in [4.69, 9.17) is 10.2 Å². The fourth-order valence-electron chi connectivity index (χ4n) is 0.805. The molecule has 0 spiro atoms. The minimum Gasteiger partial charge on any atom is -1.00 e. The van der Waals surface area contributed by atoms with Crippen molar-refractivity contribution in [3.63, 3.8) is 0 Å². The van der Waals surface area contributed by atoms with Crippen molar-refractivity contribution in [2.24, 2.45) is 5.41 Å². The van der Waals surface area contributed by atoms with Crippen molar-refractivity contribution >= 4 is 11.9 Å². The molecule has 4 nitrogen and oxygen atoms in total. The Morgan fingerprint density at radius 3 is 1.75 bits per heavy atom. The Kier molecular flexibility index (Phi) is 7.65. The molecule has 0 fully saturated rings. The average molecular weight is 200 g/mol. The van der Waals surface area contributed by atoms with Gasteiger partial charge in [0.05, 0.1) is 0 Å². The van der Waals surface area contributed by atoms with Crippen LogP contribution in [-0.2, 0) is 9.59 Å². The van der Waals surface area contributed by atoms with Gasteiger partial charge in [0.2, 0.25) is 0 Å². The largest absolute Gasteiger partial charge is 1.00 e. The molecule has 0 saturated heterocycles. The van der Waals surface area contributed by atoms with Crippen LogP contribution in [0.2, 0.25) is 0 Å². The van der Waals surface area contributed by atoms with Gasteiger partial charge in [0.15, 0.2) is 5.41 Å². The molecule has 0 atom stereocenters. The first-order valence-electron chi connectivity index (χ1n) is 3.42. The van der Waals surface area contributed by atoms with E-state index in [2.05, 4.69) is 0 Å². The van der Waals surface area contributed by atoms with Gasteiger partial charge in [-0.05, 0) is 13.3 Å². The summed E-state index contributed by atoms with van der Waals surface area (Å²) < 4.78 is 0. The number of hydrogen-bond donors (Lipinski definition) is 2. The Bertz CT molecular complexity index is 169. The standard InChI is InChI=1S/C7H12O4.K.H/c1-3-4-7(2,5(8)9)6(10)11;;/h3-4H2,1-2H3,(H,8,9)(H,10,11);;/q;+1;-1. The molecular formula is C7H13KO4. The molecule has 0 aromatic heterocycles. The van der Waals surface area contributed by atoms with Crippen LogP contribution >= 0.6 is 0 Å². The van der Waals surface area contributed by atoms with Crippen molar-refractivity contribution in [1.29, 1.82) is 0 Å². The SMILES string of the molecule is CCCC(C)(C(=O)O)C(=O)O.[H-].[K+]. The van der Waals surface area contributed by atoms with E-state index in [1.807, 2.05) is 0 Å². The van der Waals surface area contributed by atoms with Crippen LogP contribution in [0.3, 0.4) is 0 Å². The van der Waals surface area contributed by atoms with Crippen molar-refractivity contribution in [2.45, 2.75) is 26.7 Å². The maximum atomic E-state index is 10.5. The van der Waals surface area contributed by atoms with Crippen molar-refractivity contribution in [1.82, 2.24) is 0 Å². The maximum absolute atomic E-state index is 10.5. The zero-order valence-corrected chi connectivity index (χ0v) is 10.7. The fraction of sp³-hybridized carbons (Fsp3) is 0.714. The van der Waals surface area contributed by atoms with Gasteiger partial charge in [-0.2, -0.15) is 0 Å². The molecule has 0 aliphatic carbocycles. The quantitative estimate of drug-likeness (QED) is 0.410. The maximum Gasteiger partial charge on any atom is 1.00 e. The van der Waals surface area contributed by atoms with E-state index in [1.54, 1.807) is 6.92 Å². The first-order chi connectivity index (χ1) is 4.95. The summed E-state index contributed by atoms with van der Waals surface area (Å²) in [7, 11) is 0. The molecule has 0 unspecified atom stereocenters. The Labute approximate surface area is 115 Å². The van der Waals surface area contributed by atoms with E-state index in [1.165, 1.54) is 6.92 Å². The van der Waals surface area contributed by atoms with E-state index >= 15 is 0 Å². The summed E-state index contributed by atoms with van der Waals surface area (Å²) in [6.45, 7) is 2.98. The first kappa shape index (κ1) is 15.1. The van der Waals surface area contributed by atoms with Gasteiger partial charge in [-0.1, -0.05) is 13.3 Å². The number of aliphatic carboxylic acids is 2. The predicted octanol–water partition coefficient (Wildman–Crippen LogP) is -1.92. The van der Waals surface area contributed by atoms with Gasteiger partial charge in [0.25, 0.3) is 0 Å². The summed E-state index contributed by atoms with van der Waals surface area (Å²) in [6, 6.07) is 0. The molecule has 0 amide bonds. The third-order valence-electron chi connectivity index (χ3n) is 1.69. The summed E-state index contributed by atoms with van der Waals surface area (Å²) in [6.07, 6.45) is 0.715. The first-order valence-corrected chi connectivity index (χ1v) is 3.42. The van der Waals surface area contributed by atoms with Crippen LogP contribution in [0.5, 0.6) is 0 Å². The molecule has 0 aromatic carbocycles. The zero-order chi connectivity index (χ0) is 9.07. The normalized spacial score (nSPS) is 10.2. The number of carboxylic acid groups (broad SMARTS) is 2. The molecule has 66 valence electrons. The minimum atomic E-state index is -1.62. The van der Waals surface area contributed by atoms with Crippen LogP contribution in [0.1, 0.15) is 28.1 Å². The van der Waals surface area contributed by atoms with Crippen LogP contribution in [0.25, 0.3) is 0 Å². The molecular weight excluding hydrogens is 187 g/mol. The van der Waals surface area contributed by atoms with Gasteiger partial charge >= 0.3 is 63.3 Å². The van der Waals surface area contributed by atoms with Crippen LogP contribution in [0, 0.1) is 5.41 Å². The zero-order valence-electron chi connectivity index (χ0n) is 8.63. The summed E-state index contributed by atoms with van der Waals surface area (Å²) in [5.41, 5.74) is -1.62. The Hall–Kier alpha value is 0.576. The average Bonchev–Trinajstić information content (AvgIpc) is 1.87. The van der Waals surface area contributed by atoms with Crippen molar-refractivity contribution < 1.29 is 72.6 Å². The minimum absolute atomic E-state index is 0. The smallest absolute Gasteiger partial charge is 1.00 e. The van der Waals surface area contributed by atoms with Crippen LogP contribution in [0.15, 0.2) is 0 Å². The molecule has 12 heavy (non-hydrogen) atoms. The van der Waals surface area contributed by atoms with Crippen molar-refractivity contribution in [2.75, 3.05) is 0 Å². The molecule has 0 aromatic rings. The van der Waals surface area contributed by atoms with Gasteiger partial charge < -0.3 is 11.6 Å². The summed E-state index contributed by atoms with van der Waals surface area (Å²) in [4.78, 5) is 20.9. The van der Waals surface area contributed by atoms with E-state index < -0.39 is 17.4 Å². The van der Waals surface area contributed by atoms with Gasteiger partial charge in [-0.15, -0.1) is 0 Å². The van der Waals surface area contributed by atoms with E-state index in [-0.39, 0.29) is 59.2 Å². The van der Waals surface area contributed by atoms with Crippen LogP contribution in [-0.4, -0.2) is 22.2 Å². The number of hydrogen-bond acceptors (Lipinski definition) is 2. The van der Waals surface area contributed by atoms with Crippen molar-refractivity contribution in [3.05, 3.63) is 0 Å². The second-order valence-electron chi connectivity index (χ2n) is 2.69. The molecule has 5 heteroatoms. The molecule has 0 aliphatic heterocycles. The summed E-state index contributed by atoms with van der Waals surface area (Å²) >= 11 is 0. The van der Waals surface area contributed by atoms with Gasteiger partial charge in [-0.25, -0.2) is 0 Å². The summed E-state index contributed by atoms with van der Waals surface area (Å²) in [5, 5.41) is 17.1. The van der Waals surface area contributed by atoms with Crippen molar-refractivity contribution in [3.8, 4) is 0 Å². The van der Waals surface area contributed by atoms with E-state index in [0.29, 0.717) is 6.42 Å². The van der Waals surface area contributed by atoms with Crippen LogP contribution in [0.4, 0.5) is 0 Å². The molecule has 2 N–H and O–H groups in total. The molecule has 0 heterocycles. The predicted molar refractivity (Wildman–Crippen MR) is 39.4 cm³/mol. The molecule has 0 bridgehead atoms. The fourth-order valence-corrected chi connectivity index (χ4v) is 0.805. The molecule has 0 aliphatic rings. The Balaban J connectivity index is -0.000000500. The number of carboxylic acids is 2. The van der Waals surface area contributed by atoms with Gasteiger partial charge in [0.1, 0.15) is 0 Å².